The highest BCUT2D eigenvalue weighted by atomic mass is 35.5. The van der Waals surface area contributed by atoms with Crippen LogP contribution >= 0.6 is 11.6 Å². The maximum atomic E-state index is 12.3. The molecule has 0 aliphatic heterocycles. The second kappa shape index (κ2) is 8.05. The second-order valence-electron chi connectivity index (χ2n) is 4.54. The Morgan fingerprint density at radius 2 is 1.95 bits per heavy atom. The number of carbonyl (C=O) groups is 1. The van der Waals surface area contributed by atoms with Crippen LogP contribution in [0.3, 0.4) is 0 Å². The molecule has 0 bridgehead atoms. The molecule has 0 aromatic heterocycles. The van der Waals surface area contributed by atoms with Crippen LogP contribution in [0.5, 0.6) is 5.75 Å². The molecule has 1 atom stereocenters. The van der Waals surface area contributed by atoms with E-state index < -0.39 is 6.10 Å². The van der Waals surface area contributed by atoms with Gasteiger partial charge in [-0.2, -0.15) is 0 Å². The molecule has 1 unspecified atom stereocenters. The number of hydrogen-bond donors (Lipinski definition) is 0. The van der Waals surface area contributed by atoms with Crippen molar-refractivity contribution in [3.05, 3.63) is 29.3 Å². The van der Waals surface area contributed by atoms with Crippen molar-refractivity contribution in [1.82, 2.24) is 4.90 Å². The van der Waals surface area contributed by atoms with Crippen molar-refractivity contribution in [2.45, 2.75) is 39.7 Å². The quantitative estimate of drug-likeness (QED) is 0.763. The Hall–Kier alpha value is -1.22. The van der Waals surface area contributed by atoms with E-state index in [4.69, 9.17) is 16.3 Å². The fourth-order valence-corrected chi connectivity index (χ4v) is 2.10. The fourth-order valence-electron chi connectivity index (χ4n) is 1.92. The van der Waals surface area contributed by atoms with Crippen LogP contribution in [-0.2, 0) is 4.79 Å². The molecule has 0 heterocycles. The number of halogens is 1. The third kappa shape index (κ3) is 5.11. The van der Waals surface area contributed by atoms with Crippen LogP contribution in [0.25, 0.3) is 0 Å². The third-order valence-corrected chi connectivity index (χ3v) is 2.99. The molecule has 4 heteroatoms. The van der Waals surface area contributed by atoms with Crippen molar-refractivity contribution in [3.63, 3.8) is 0 Å². The average Bonchev–Trinajstić information content (AvgIpc) is 2.37. The van der Waals surface area contributed by atoms with Gasteiger partial charge >= 0.3 is 0 Å². The van der Waals surface area contributed by atoms with Gasteiger partial charge in [0.05, 0.1) is 0 Å². The molecular formula is C15H22ClNO2. The average molecular weight is 284 g/mol. The Morgan fingerprint density at radius 3 is 2.47 bits per heavy atom. The monoisotopic (exact) mass is 283 g/mol. The van der Waals surface area contributed by atoms with Crippen molar-refractivity contribution in [3.8, 4) is 5.75 Å². The minimum Gasteiger partial charge on any atom is -0.481 e. The van der Waals surface area contributed by atoms with Crippen molar-refractivity contribution >= 4 is 17.5 Å². The molecule has 0 aliphatic carbocycles. The molecule has 0 spiro atoms. The van der Waals surface area contributed by atoms with Gasteiger partial charge in [0.2, 0.25) is 0 Å². The summed E-state index contributed by atoms with van der Waals surface area (Å²) in [7, 11) is 0. The molecule has 0 radical (unpaired) electrons. The zero-order chi connectivity index (χ0) is 14.3. The molecule has 0 saturated heterocycles. The van der Waals surface area contributed by atoms with Gasteiger partial charge < -0.3 is 9.64 Å². The highest BCUT2D eigenvalue weighted by molar-refractivity contribution is 6.30. The molecule has 1 amide bonds. The molecule has 106 valence electrons. The van der Waals surface area contributed by atoms with Crippen LogP contribution in [0.2, 0.25) is 5.02 Å². The number of nitrogens with zero attached hydrogens (tertiary/aromatic N) is 1. The normalized spacial score (nSPS) is 12.0. The Morgan fingerprint density at radius 1 is 1.32 bits per heavy atom. The van der Waals surface area contributed by atoms with Gasteiger partial charge in [0.15, 0.2) is 6.10 Å². The van der Waals surface area contributed by atoms with E-state index >= 15 is 0 Å². The molecule has 0 saturated carbocycles. The van der Waals surface area contributed by atoms with Gasteiger partial charge in [-0.05, 0) is 38.0 Å². The lowest BCUT2D eigenvalue weighted by Crippen LogP contribution is -2.41. The first-order valence-corrected chi connectivity index (χ1v) is 7.17. The SMILES string of the molecule is CCCN(CCC)C(=O)C(C)Oc1cccc(Cl)c1. The lowest BCUT2D eigenvalue weighted by Gasteiger charge is -2.25. The predicted octanol–water partition coefficient (Wildman–Crippen LogP) is 3.76. The van der Waals surface area contributed by atoms with Crippen LogP contribution in [0.4, 0.5) is 0 Å². The maximum Gasteiger partial charge on any atom is 0.263 e. The smallest absolute Gasteiger partial charge is 0.263 e. The minimum atomic E-state index is -0.489. The van der Waals surface area contributed by atoms with E-state index in [1.165, 1.54) is 0 Å². The largest absolute Gasteiger partial charge is 0.481 e. The van der Waals surface area contributed by atoms with Crippen LogP contribution in [-0.4, -0.2) is 30.0 Å². The number of amides is 1. The van der Waals surface area contributed by atoms with Gasteiger partial charge in [-0.1, -0.05) is 31.5 Å². The van der Waals surface area contributed by atoms with E-state index in [-0.39, 0.29) is 5.91 Å². The van der Waals surface area contributed by atoms with Gasteiger partial charge in [-0.3, -0.25) is 4.79 Å². The van der Waals surface area contributed by atoms with Crippen molar-refractivity contribution in [1.29, 1.82) is 0 Å². The van der Waals surface area contributed by atoms with E-state index in [2.05, 4.69) is 13.8 Å². The molecule has 3 nitrogen and oxygen atoms in total. The van der Waals surface area contributed by atoms with Crippen LogP contribution in [0, 0.1) is 0 Å². The highest BCUT2D eigenvalue weighted by Crippen LogP contribution is 2.18. The van der Waals surface area contributed by atoms with Gasteiger partial charge in [0, 0.05) is 18.1 Å². The van der Waals surface area contributed by atoms with E-state index in [1.54, 1.807) is 25.1 Å². The first kappa shape index (κ1) is 15.8. The summed E-state index contributed by atoms with van der Waals surface area (Å²) in [6.45, 7) is 7.46. The number of carbonyl (C=O) groups excluding carboxylic acids is 1. The summed E-state index contributed by atoms with van der Waals surface area (Å²) in [5.41, 5.74) is 0. The van der Waals surface area contributed by atoms with Gasteiger partial charge in [-0.15, -0.1) is 0 Å². The Kier molecular flexibility index (Phi) is 6.71. The van der Waals surface area contributed by atoms with Crippen molar-refractivity contribution < 1.29 is 9.53 Å². The van der Waals surface area contributed by atoms with Crippen LogP contribution < -0.4 is 4.74 Å². The predicted molar refractivity (Wildman–Crippen MR) is 78.7 cm³/mol. The number of benzene rings is 1. The number of hydrogen-bond acceptors (Lipinski definition) is 2. The highest BCUT2D eigenvalue weighted by Gasteiger charge is 2.20. The lowest BCUT2D eigenvalue weighted by molar-refractivity contribution is -0.138. The molecule has 1 rings (SSSR count). The second-order valence-corrected chi connectivity index (χ2v) is 4.98. The first-order valence-electron chi connectivity index (χ1n) is 6.79. The molecule has 0 aliphatic rings. The Bertz CT molecular complexity index is 403. The Labute approximate surface area is 120 Å². The lowest BCUT2D eigenvalue weighted by atomic mass is 10.2. The van der Waals surface area contributed by atoms with Crippen molar-refractivity contribution in [2.24, 2.45) is 0 Å². The Balaban J connectivity index is 2.65. The van der Waals surface area contributed by atoms with E-state index in [1.807, 2.05) is 11.0 Å². The molecular weight excluding hydrogens is 262 g/mol. The van der Waals surface area contributed by atoms with E-state index in [0.29, 0.717) is 10.8 Å². The topological polar surface area (TPSA) is 29.5 Å². The summed E-state index contributed by atoms with van der Waals surface area (Å²) in [6, 6.07) is 7.11. The van der Waals surface area contributed by atoms with Crippen LogP contribution in [0.1, 0.15) is 33.6 Å². The summed E-state index contributed by atoms with van der Waals surface area (Å²) in [5, 5.41) is 0.608. The third-order valence-electron chi connectivity index (χ3n) is 2.76. The van der Waals surface area contributed by atoms with Gasteiger partial charge in [0.25, 0.3) is 5.91 Å². The van der Waals surface area contributed by atoms with Crippen LogP contribution in [0.15, 0.2) is 24.3 Å². The molecule has 0 fully saturated rings. The standard InChI is InChI=1S/C15H22ClNO2/c1-4-9-17(10-5-2)15(18)12(3)19-14-8-6-7-13(16)11-14/h6-8,11-12H,4-5,9-10H2,1-3H3. The van der Waals surface area contributed by atoms with Gasteiger partial charge in [-0.25, -0.2) is 0 Å². The molecule has 1 aromatic carbocycles. The first-order chi connectivity index (χ1) is 9.08. The minimum absolute atomic E-state index is 0.0312. The van der Waals surface area contributed by atoms with E-state index in [0.717, 1.165) is 25.9 Å². The molecule has 1 aromatic rings. The maximum absolute atomic E-state index is 12.3. The van der Waals surface area contributed by atoms with E-state index in [9.17, 15) is 4.79 Å². The fraction of sp³-hybridized carbons (Fsp3) is 0.533. The zero-order valence-electron chi connectivity index (χ0n) is 11.9. The molecule has 0 N–H and O–H groups in total. The summed E-state index contributed by atoms with van der Waals surface area (Å²) < 4.78 is 5.65. The van der Waals surface area contributed by atoms with Crippen molar-refractivity contribution in [2.75, 3.05) is 13.1 Å². The number of ether oxygens (including phenoxy) is 1. The zero-order valence-corrected chi connectivity index (χ0v) is 12.6. The number of rotatable bonds is 7. The summed E-state index contributed by atoms with van der Waals surface area (Å²) in [4.78, 5) is 14.1. The summed E-state index contributed by atoms with van der Waals surface area (Å²) >= 11 is 5.89. The summed E-state index contributed by atoms with van der Waals surface area (Å²) in [5.74, 6) is 0.657. The van der Waals surface area contributed by atoms with Gasteiger partial charge in [0.1, 0.15) is 5.75 Å². The molecule has 19 heavy (non-hydrogen) atoms. The summed E-state index contributed by atoms with van der Waals surface area (Å²) in [6.07, 6.45) is 1.42.